The van der Waals surface area contributed by atoms with Crippen molar-refractivity contribution in [2.45, 2.75) is 50.2 Å². The summed E-state index contributed by atoms with van der Waals surface area (Å²) in [6, 6.07) is 6.87. The van der Waals surface area contributed by atoms with Gasteiger partial charge in [0, 0.05) is 12.6 Å². The fourth-order valence-corrected chi connectivity index (χ4v) is 5.71. The lowest BCUT2D eigenvalue weighted by molar-refractivity contribution is -0.143. The molecule has 3 fully saturated rings. The summed E-state index contributed by atoms with van der Waals surface area (Å²) in [7, 11) is -3.68. The minimum Gasteiger partial charge on any atom is -0.360 e. The first-order valence-corrected chi connectivity index (χ1v) is 9.97. The Hall–Kier alpha value is -1.60. The Bertz CT molecular complexity index is 790. The van der Waals surface area contributed by atoms with Crippen molar-refractivity contribution >= 4 is 21.6 Å². The van der Waals surface area contributed by atoms with Crippen LogP contribution in [-0.4, -0.2) is 38.0 Å². The molecule has 3 aliphatic heterocycles. The highest BCUT2D eigenvalue weighted by Crippen LogP contribution is 2.53. The molecule has 3 atom stereocenters. The van der Waals surface area contributed by atoms with Crippen LogP contribution < -0.4 is 10.0 Å². The van der Waals surface area contributed by atoms with Crippen LogP contribution in [0, 0.1) is 11.3 Å². The van der Waals surface area contributed by atoms with Gasteiger partial charge in [0.15, 0.2) is 6.17 Å². The van der Waals surface area contributed by atoms with Gasteiger partial charge in [-0.3, -0.25) is 4.79 Å². The normalized spacial score (nSPS) is 32.8. The van der Waals surface area contributed by atoms with E-state index in [0.717, 1.165) is 19.3 Å². The molecular weight excluding hydrogens is 326 g/mol. The number of rotatable bonds is 1. The van der Waals surface area contributed by atoms with E-state index in [4.69, 9.17) is 0 Å². The molecule has 24 heavy (non-hydrogen) atoms. The molecule has 7 heteroatoms. The van der Waals surface area contributed by atoms with Crippen molar-refractivity contribution in [2.75, 3.05) is 11.9 Å². The third kappa shape index (κ3) is 2.25. The summed E-state index contributed by atoms with van der Waals surface area (Å²) < 4.78 is 27.4. The minimum atomic E-state index is -3.68. The molecule has 0 spiro atoms. The summed E-state index contributed by atoms with van der Waals surface area (Å²) in [5, 5.41) is 3.05. The number of nitrogens with one attached hydrogen (secondary N) is 2. The molecule has 5 rings (SSSR count). The minimum absolute atomic E-state index is 0.109. The Kier molecular flexibility index (Phi) is 3.44. The van der Waals surface area contributed by atoms with E-state index in [1.165, 1.54) is 6.07 Å². The standard InChI is InChI=1S/C17H23N3O3S/c1-17(2)11-6-5-9-20(14(17)10-11)16(21)15-18-12-7-3-4-8-13(12)24(22,23)19-15/h3-4,7-8,11,14-15,18-19H,5-6,9-10H2,1-2H3. The number of hydrogen-bond acceptors (Lipinski definition) is 4. The molecule has 4 aliphatic rings. The highest BCUT2D eigenvalue weighted by atomic mass is 32.2. The number of hydrogen-bond donors (Lipinski definition) is 2. The molecule has 0 radical (unpaired) electrons. The number of nitrogens with zero attached hydrogens (tertiary/aromatic N) is 1. The van der Waals surface area contributed by atoms with Crippen molar-refractivity contribution in [3.8, 4) is 0 Å². The van der Waals surface area contributed by atoms with E-state index in [0.29, 0.717) is 18.2 Å². The average Bonchev–Trinajstić information content (AvgIpc) is 2.84. The van der Waals surface area contributed by atoms with E-state index < -0.39 is 16.2 Å². The number of carbonyl (C=O) groups excluding carboxylic acids is 1. The smallest absolute Gasteiger partial charge is 0.261 e. The van der Waals surface area contributed by atoms with Crippen LogP contribution in [0.4, 0.5) is 5.69 Å². The molecule has 1 amide bonds. The Morgan fingerprint density at radius 3 is 2.79 bits per heavy atom. The largest absolute Gasteiger partial charge is 0.360 e. The maximum Gasteiger partial charge on any atom is 0.261 e. The fraction of sp³-hybridized carbons (Fsp3) is 0.588. The molecule has 0 aromatic heterocycles. The Balaban J connectivity index is 1.62. The van der Waals surface area contributed by atoms with Gasteiger partial charge in [0.05, 0.1) is 5.69 Å². The predicted molar refractivity (Wildman–Crippen MR) is 90.8 cm³/mol. The van der Waals surface area contributed by atoms with Crippen LogP contribution in [0.3, 0.4) is 0 Å². The lowest BCUT2D eigenvalue weighted by Crippen LogP contribution is -2.63. The zero-order valence-electron chi connectivity index (χ0n) is 14.0. The molecule has 6 nitrogen and oxygen atoms in total. The van der Waals surface area contributed by atoms with Gasteiger partial charge in [-0.1, -0.05) is 26.0 Å². The van der Waals surface area contributed by atoms with Crippen molar-refractivity contribution in [1.82, 2.24) is 9.62 Å². The Morgan fingerprint density at radius 1 is 1.29 bits per heavy atom. The number of carbonyl (C=O) groups is 1. The van der Waals surface area contributed by atoms with Crippen molar-refractivity contribution < 1.29 is 13.2 Å². The van der Waals surface area contributed by atoms with E-state index in [2.05, 4.69) is 23.9 Å². The van der Waals surface area contributed by atoms with E-state index in [1.54, 1.807) is 18.2 Å². The third-order valence-corrected chi connectivity index (χ3v) is 7.51. The monoisotopic (exact) mass is 349 g/mol. The third-order valence-electron chi connectivity index (χ3n) is 6.03. The first kappa shape index (κ1) is 15.9. The molecule has 1 aromatic rings. The van der Waals surface area contributed by atoms with E-state index in [1.807, 2.05) is 4.90 Å². The first-order valence-electron chi connectivity index (χ1n) is 8.49. The Morgan fingerprint density at radius 2 is 2.04 bits per heavy atom. The molecule has 3 heterocycles. The molecule has 130 valence electrons. The van der Waals surface area contributed by atoms with E-state index in [9.17, 15) is 13.2 Å². The van der Waals surface area contributed by atoms with Gasteiger partial charge in [-0.15, -0.1) is 0 Å². The summed E-state index contributed by atoms with van der Waals surface area (Å²) in [6.45, 7) is 5.13. The van der Waals surface area contributed by atoms with Gasteiger partial charge in [-0.2, -0.15) is 4.72 Å². The van der Waals surface area contributed by atoms with Crippen LogP contribution in [0.2, 0.25) is 0 Å². The molecule has 2 saturated heterocycles. The van der Waals surface area contributed by atoms with Gasteiger partial charge >= 0.3 is 0 Å². The highest BCUT2D eigenvalue weighted by Gasteiger charge is 2.54. The van der Waals surface area contributed by atoms with E-state index >= 15 is 0 Å². The summed E-state index contributed by atoms with van der Waals surface area (Å²) in [6.07, 6.45) is 2.21. The zero-order chi connectivity index (χ0) is 17.1. The van der Waals surface area contributed by atoms with Crippen molar-refractivity contribution in [3.63, 3.8) is 0 Å². The van der Waals surface area contributed by atoms with Gasteiger partial charge in [-0.25, -0.2) is 8.42 Å². The summed E-state index contributed by atoms with van der Waals surface area (Å²) in [4.78, 5) is 15.1. The summed E-state index contributed by atoms with van der Waals surface area (Å²) in [5.74, 6) is 0.489. The SMILES string of the molecule is CC1(C)C2CCCN(C(=O)C3Nc4ccccc4S(=O)(=O)N3)C1C2. The van der Waals surface area contributed by atoms with Gasteiger partial charge in [0.25, 0.3) is 5.91 Å². The van der Waals surface area contributed by atoms with Crippen molar-refractivity contribution in [2.24, 2.45) is 11.3 Å². The number of para-hydroxylation sites is 1. The first-order chi connectivity index (χ1) is 11.3. The van der Waals surface area contributed by atoms with Crippen LogP contribution in [0.15, 0.2) is 29.2 Å². The fourth-order valence-electron chi connectivity index (χ4n) is 4.44. The van der Waals surface area contributed by atoms with Crippen molar-refractivity contribution in [1.29, 1.82) is 0 Å². The number of benzene rings is 1. The summed E-state index contributed by atoms with van der Waals surface area (Å²) >= 11 is 0. The molecule has 3 unspecified atom stereocenters. The van der Waals surface area contributed by atoms with Crippen LogP contribution in [0.5, 0.6) is 0 Å². The van der Waals surface area contributed by atoms with E-state index in [-0.39, 0.29) is 22.3 Å². The number of anilines is 1. The average molecular weight is 349 g/mol. The number of fused-ring (bicyclic) bond motifs is 4. The molecule has 1 saturated carbocycles. The molecular formula is C17H23N3O3S. The number of sulfonamides is 1. The van der Waals surface area contributed by atoms with Crippen LogP contribution >= 0.6 is 0 Å². The van der Waals surface area contributed by atoms with Crippen LogP contribution in [-0.2, 0) is 14.8 Å². The van der Waals surface area contributed by atoms with Crippen LogP contribution in [0.25, 0.3) is 0 Å². The maximum absolute atomic E-state index is 13.1. The molecule has 1 aromatic carbocycles. The number of amides is 1. The maximum atomic E-state index is 13.1. The lowest BCUT2D eigenvalue weighted by Gasteiger charge is -2.54. The van der Waals surface area contributed by atoms with Gasteiger partial charge < -0.3 is 10.2 Å². The molecule has 2 N–H and O–H groups in total. The zero-order valence-corrected chi connectivity index (χ0v) is 14.8. The highest BCUT2D eigenvalue weighted by molar-refractivity contribution is 7.89. The van der Waals surface area contributed by atoms with Gasteiger partial charge in [-0.05, 0) is 42.7 Å². The second kappa shape index (κ2) is 5.20. The van der Waals surface area contributed by atoms with Gasteiger partial charge in [0.1, 0.15) is 4.90 Å². The molecule has 2 bridgehead atoms. The summed E-state index contributed by atoms with van der Waals surface area (Å²) in [5.41, 5.74) is 0.590. The molecule has 1 aliphatic carbocycles. The Labute approximate surface area is 142 Å². The predicted octanol–water partition coefficient (Wildman–Crippen LogP) is 1.75. The second-order valence-electron chi connectivity index (χ2n) is 7.64. The van der Waals surface area contributed by atoms with Crippen LogP contribution in [0.1, 0.15) is 33.1 Å². The topological polar surface area (TPSA) is 78.5 Å². The van der Waals surface area contributed by atoms with Crippen molar-refractivity contribution in [3.05, 3.63) is 24.3 Å². The quantitative estimate of drug-likeness (QED) is 0.810. The lowest BCUT2D eigenvalue weighted by atomic mass is 9.57. The second-order valence-corrected chi connectivity index (χ2v) is 9.32. The van der Waals surface area contributed by atoms with Gasteiger partial charge in [0.2, 0.25) is 10.0 Å².